The smallest absolute Gasteiger partial charge is 0.390 e. The number of hydrogen-bond acceptors (Lipinski definition) is 2. The first kappa shape index (κ1) is 14.0. The highest BCUT2D eigenvalue weighted by Crippen LogP contribution is 2.20. The van der Waals surface area contributed by atoms with Crippen molar-refractivity contribution in [1.82, 2.24) is 4.90 Å². The molecule has 0 bridgehead atoms. The highest BCUT2D eigenvalue weighted by atomic mass is 19.4. The van der Waals surface area contributed by atoms with Gasteiger partial charge in [0.2, 0.25) is 0 Å². The predicted molar refractivity (Wildman–Crippen MR) is 59.5 cm³/mol. The maximum Gasteiger partial charge on any atom is 0.390 e. The van der Waals surface area contributed by atoms with Crippen molar-refractivity contribution in [3.05, 3.63) is 35.9 Å². The summed E-state index contributed by atoms with van der Waals surface area (Å²) in [7, 11) is 0. The van der Waals surface area contributed by atoms with Crippen LogP contribution < -0.4 is 0 Å². The van der Waals surface area contributed by atoms with Gasteiger partial charge in [-0.05, 0) is 5.56 Å². The average molecular weight is 247 g/mol. The fraction of sp³-hybridized carbons (Fsp3) is 0.500. The van der Waals surface area contributed by atoms with Crippen molar-refractivity contribution in [1.29, 1.82) is 0 Å². The Kier molecular flexibility index (Phi) is 5.44. The zero-order chi connectivity index (χ0) is 12.7. The van der Waals surface area contributed by atoms with Gasteiger partial charge in [0.1, 0.15) is 0 Å². The van der Waals surface area contributed by atoms with Crippen LogP contribution in [0.3, 0.4) is 0 Å². The van der Waals surface area contributed by atoms with Crippen LogP contribution in [0.4, 0.5) is 13.2 Å². The minimum absolute atomic E-state index is 0.0844. The molecule has 0 unspecified atom stereocenters. The van der Waals surface area contributed by atoms with Gasteiger partial charge in [0.25, 0.3) is 0 Å². The number of benzene rings is 1. The Morgan fingerprint density at radius 2 is 1.71 bits per heavy atom. The standard InChI is InChI=1S/C12H16F3NO/c13-12(14,15)6-7-16(8-9-17)10-11-4-2-1-3-5-11/h1-5,17H,6-10H2. The molecule has 5 heteroatoms. The highest BCUT2D eigenvalue weighted by molar-refractivity contribution is 5.14. The van der Waals surface area contributed by atoms with Crippen molar-refractivity contribution in [3.8, 4) is 0 Å². The number of aliphatic hydroxyl groups is 1. The van der Waals surface area contributed by atoms with E-state index < -0.39 is 12.6 Å². The van der Waals surface area contributed by atoms with Crippen molar-refractivity contribution in [2.75, 3.05) is 19.7 Å². The quantitative estimate of drug-likeness (QED) is 0.834. The van der Waals surface area contributed by atoms with Gasteiger partial charge in [-0.2, -0.15) is 13.2 Å². The van der Waals surface area contributed by atoms with Crippen LogP contribution in [-0.4, -0.2) is 35.9 Å². The zero-order valence-electron chi connectivity index (χ0n) is 9.45. The summed E-state index contributed by atoms with van der Waals surface area (Å²) < 4.78 is 36.3. The van der Waals surface area contributed by atoms with Crippen LogP contribution >= 0.6 is 0 Å². The van der Waals surface area contributed by atoms with Gasteiger partial charge in [-0.25, -0.2) is 0 Å². The first-order chi connectivity index (χ1) is 8.01. The Balaban J connectivity index is 2.49. The Morgan fingerprint density at radius 3 is 2.24 bits per heavy atom. The van der Waals surface area contributed by atoms with Crippen LogP contribution in [0.2, 0.25) is 0 Å². The third-order valence-electron chi connectivity index (χ3n) is 2.38. The molecule has 0 amide bonds. The molecule has 0 saturated carbocycles. The molecule has 1 aromatic carbocycles. The molecule has 0 aliphatic heterocycles. The number of nitrogens with zero attached hydrogens (tertiary/aromatic N) is 1. The fourth-order valence-corrected chi connectivity index (χ4v) is 1.54. The Labute approximate surface area is 98.7 Å². The highest BCUT2D eigenvalue weighted by Gasteiger charge is 2.27. The van der Waals surface area contributed by atoms with Crippen LogP contribution in [0.25, 0.3) is 0 Å². The van der Waals surface area contributed by atoms with Gasteiger partial charge >= 0.3 is 6.18 Å². The molecule has 2 nitrogen and oxygen atoms in total. The van der Waals surface area contributed by atoms with Crippen LogP contribution in [-0.2, 0) is 6.54 Å². The monoisotopic (exact) mass is 247 g/mol. The van der Waals surface area contributed by atoms with Gasteiger partial charge in [0.15, 0.2) is 0 Å². The molecule has 0 atom stereocenters. The third-order valence-corrected chi connectivity index (χ3v) is 2.38. The van der Waals surface area contributed by atoms with Crippen LogP contribution in [0, 0.1) is 0 Å². The summed E-state index contributed by atoms with van der Waals surface area (Å²) in [5, 5.41) is 8.82. The van der Waals surface area contributed by atoms with Crippen molar-refractivity contribution in [3.63, 3.8) is 0 Å². The summed E-state index contributed by atoms with van der Waals surface area (Å²) in [5.74, 6) is 0. The van der Waals surface area contributed by atoms with E-state index in [4.69, 9.17) is 5.11 Å². The average Bonchev–Trinajstić information content (AvgIpc) is 2.27. The van der Waals surface area contributed by atoms with E-state index in [9.17, 15) is 13.2 Å². The molecule has 0 spiro atoms. The number of aliphatic hydroxyl groups excluding tert-OH is 1. The predicted octanol–water partition coefficient (Wildman–Crippen LogP) is 2.43. The first-order valence-electron chi connectivity index (χ1n) is 5.45. The second-order valence-corrected chi connectivity index (χ2v) is 3.85. The molecule has 1 aromatic rings. The number of rotatable bonds is 6. The lowest BCUT2D eigenvalue weighted by Crippen LogP contribution is -2.30. The summed E-state index contributed by atoms with van der Waals surface area (Å²) in [6.45, 7) is 0.464. The van der Waals surface area contributed by atoms with Crippen molar-refractivity contribution in [2.24, 2.45) is 0 Å². The van der Waals surface area contributed by atoms with Gasteiger partial charge in [-0.1, -0.05) is 30.3 Å². The van der Waals surface area contributed by atoms with Gasteiger partial charge in [-0.3, -0.25) is 4.90 Å². The summed E-state index contributed by atoms with van der Waals surface area (Å²) in [5.41, 5.74) is 0.947. The van der Waals surface area contributed by atoms with Gasteiger partial charge in [0, 0.05) is 19.6 Å². The van der Waals surface area contributed by atoms with E-state index in [2.05, 4.69) is 0 Å². The minimum atomic E-state index is -4.15. The molecule has 0 aliphatic carbocycles. The SMILES string of the molecule is OCCN(CCC(F)(F)F)Cc1ccccc1. The van der Waals surface area contributed by atoms with E-state index in [1.54, 1.807) is 4.90 Å². The van der Waals surface area contributed by atoms with E-state index >= 15 is 0 Å². The lowest BCUT2D eigenvalue weighted by molar-refractivity contribution is -0.138. The number of alkyl halides is 3. The summed E-state index contributed by atoms with van der Waals surface area (Å²) >= 11 is 0. The molecule has 1 N–H and O–H groups in total. The van der Waals surface area contributed by atoms with Gasteiger partial charge in [0.05, 0.1) is 13.0 Å². The maximum absolute atomic E-state index is 12.1. The van der Waals surface area contributed by atoms with Crippen LogP contribution in [0.5, 0.6) is 0 Å². The largest absolute Gasteiger partial charge is 0.395 e. The molecule has 1 rings (SSSR count). The van der Waals surface area contributed by atoms with E-state index in [0.717, 1.165) is 5.56 Å². The molecule has 17 heavy (non-hydrogen) atoms. The molecule has 0 aliphatic rings. The summed E-state index contributed by atoms with van der Waals surface area (Å²) in [4.78, 5) is 1.60. The molecule has 0 aromatic heterocycles. The third kappa shape index (κ3) is 6.28. The van der Waals surface area contributed by atoms with Crippen molar-refractivity contribution in [2.45, 2.75) is 19.1 Å². The summed E-state index contributed by atoms with van der Waals surface area (Å²) in [6.07, 6.45) is -5.00. The van der Waals surface area contributed by atoms with Crippen LogP contribution in [0.1, 0.15) is 12.0 Å². The van der Waals surface area contributed by atoms with Gasteiger partial charge < -0.3 is 5.11 Å². The molecule has 0 fully saturated rings. The van der Waals surface area contributed by atoms with E-state index in [0.29, 0.717) is 6.54 Å². The Hall–Kier alpha value is -1.07. The normalized spacial score (nSPS) is 12.1. The lowest BCUT2D eigenvalue weighted by atomic mass is 10.2. The second-order valence-electron chi connectivity index (χ2n) is 3.85. The van der Waals surface area contributed by atoms with Crippen molar-refractivity contribution >= 4 is 0 Å². The van der Waals surface area contributed by atoms with Crippen molar-refractivity contribution < 1.29 is 18.3 Å². The lowest BCUT2D eigenvalue weighted by Gasteiger charge is -2.22. The Morgan fingerprint density at radius 1 is 1.06 bits per heavy atom. The Bertz CT molecular complexity index is 313. The molecule has 96 valence electrons. The first-order valence-corrected chi connectivity index (χ1v) is 5.45. The zero-order valence-corrected chi connectivity index (χ0v) is 9.45. The minimum Gasteiger partial charge on any atom is -0.395 e. The molecule has 0 saturated heterocycles. The van der Waals surface area contributed by atoms with Crippen LogP contribution in [0.15, 0.2) is 30.3 Å². The second kappa shape index (κ2) is 6.61. The molecule has 0 radical (unpaired) electrons. The summed E-state index contributed by atoms with van der Waals surface area (Å²) in [6, 6.07) is 9.26. The fourth-order valence-electron chi connectivity index (χ4n) is 1.54. The maximum atomic E-state index is 12.1. The number of halogens is 3. The topological polar surface area (TPSA) is 23.5 Å². The van der Waals surface area contributed by atoms with E-state index in [1.807, 2.05) is 30.3 Å². The van der Waals surface area contributed by atoms with Gasteiger partial charge in [-0.15, -0.1) is 0 Å². The molecule has 0 heterocycles. The van der Waals surface area contributed by atoms with E-state index in [-0.39, 0.29) is 19.7 Å². The van der Waals surface area contributed by atoms with E-state index in [1.165, 1.54) is 0 Å². The molecular formula is C12H16F3NO. The number of hydrogen-bond donors (Lipinski definition) is 1. The molecular weight excluding hydrogens is 231 g/mol.